The molecule has 0 fully saturated rings. The first-order chi connectivity index (χ1) is 31.2. The van der Waals surface area contributed by atoms with Gasteiger partial charge >= 0.3 is 0 Å². The van der Waals surface area contributed by atoms with Crippen molar-refractivity contribution in [2.75, 3.05) is 4.90 Å². The van der Waals surface area contributed by atoms with Crippen LogP contribution >= 0.6 is 22.7 Å². The third-order valence-corrected chi connectivity index (χ3v) is 14.8. The Labute approximate surface area is 375 Å². The second-order valence-electron chi connectivity index (χ2n) is 16.1. The Balaban J connectivity index is 0.858. The summed E-state index contributed by atoms with van der Waals surface area (Å²) in [5, 5.41) is 5.31. The van der Waals surface area contributed by atoms with E-state index in [2.05, 4.69) is 241 Å². The summed E-state index contributed by atoms with van der Waals surface area (Å²) in [7, 11) is 0. The number of benzene rings is 10. The van der Waals surface area contributed by atoms with Crippen molar-refractivity contribution in [3.63, 3.8) is 0 Å². The highest BCUT2D eigenvalue weighted by Crippen LogP contribution is 2.43. The van der Waals surface area contributed by atoms with Crippen LogP contribution in [0.4, 0.5) is 17.1 Å². The molecule has 3 heteroatoms. The molecule has 0 aliphatic rings. The van der Waals surface area contributed by atoms with Gasteiger partial charge in [0.15, 0.2) is 0 Å². The number of hydrogen-bond donors (Lipinski definition) is 0. The van der Waals surface area contributed by atoms with Crippen LogP contribution in [-0.2, 0) is 0 Å². The van der Waals surface area contributed by atoms with Gasteiger partial charge in [-0.05, 0) is 104 Å². The summed E-state index contributed by atoms with van der Waals surface area (Å²) in [6.07, 6.45) is 0. The molecule has 12 aromatic rings. The van der Waals surface area contributed by atoms with E-state index in [9.17, 15) is 0 Å². The zero-order chi connectivity index (χ0) is 41.7. The lowest BCUT2D eigenvalue weighted by molar-refractivity contribution is 1.28. The van der Waals surface area contributed by atoms with E-state index in [0.717, 1.165) is 17.1 Å². The first-order valence-corrected chi connectivity index (χ1v) is 23.0. The molecule has 296 valence electrons. The van der Waals surface area contributed by atoms with E-state index in [1.54, 1.807) is 0 Å². The molecule has 0 aliphatic heterocycles. The van der Waals surface area contributed by atoms with Crippen molar-refractivity contribution in [3.8, 4) is 55.6 Å². The van der Waals surface area contributed by atoms with E-state index in [1.165, 1.54) is 96.0 Å². The van der Waals surface area contributed by atoms with Crippen LogP contribution in [0.2, 0.25) is 0 Å². The minimum Gasteiger partial charge on any atom is -0.310 e. The van der Waals surface area contributed by atoms with E-state index in [0.29, 0.717) is 0 Å². The highest BCUT2D eigenvalue weighted by Gasteiger charge is 2.16. The van der Waals surface area contributed by atoms with E-state index >= 15 is 0 Å². The molecule has 0 aliphatic carbocycles. The Morgan fingerprint density at radius 1 is 0.238 bits per heavy atom. The second-order valence-corrected chi connectivity index (χ2v) is 18.2. The average Bonchev–Trinajstić information content (AvgIpc) is 3.94. The van der Waals surface area contributed by atoms with Crippen molar-refractivity contribution < 1.29 is 0 Å². The van der Waals surface area contributed by atoms with Crippen molar-refractivity contribution in [1.29, 1.82) is 0 Å². The highest BCUT2D eigenvalue weighted by molar-refractivity contribution is 7.26. The summed E-state index contributed by atoms with van der Waals surface area (Å²) in [4.78, 5) is 2.36. The predicted molar refractivity (Wildman–Crippen MR) is 274 cm³/mol. The number of nitrogens with zero attached hydrogens (tertiary/aromatic N) is 1. The molecule has 63 heavy (non-hydrogen) atoms. The summed E-state index contributed by atoms with van der Waals surface area (Å²) in [5.41, 5.74) is 15.5. The summed E-state index contributed by atoms with van der Waals surface area (Å²) in [6, 6.07) is 86.4. The third kappa shape index (κ3) is 6.79. The molecule has 0 radical (unpaired) electrons. The molecule has 2 aromatic heterocycles. The lowest BCUT2D eigenvalue weighted by atomic mass is 9.98. The molecule has 12 rings (SSSR count). The number of rotatable bonds is 8. The molecule has 1 nitrogen and oxygen atoms in total. The number of anilines is 3. The SMILES string of the molecule is c1ccc(-c2cccc(N(c3ccc(-c4ccc(-c5cccc6c5sc5ccccc56)cc4)cc3)c3ccc(-c4ccc(-c5cccc6c5sc5ccccc56)cc4)cc3)c2)cc1. The molecule has 0 N–H and O–H groups in total. The normalized spacial score (nSPS) is 11.5. The van der Waals surface area contributed by atoms with Crippen LogP contribution in [0.25, 0.3) is 96.0 Å². The highest BCUT2D eigenvalue weighted by atomic mass is 32.1. The van der Waals surface area contributed by atoms with E-state index in [1.807, 2.05) is 22.7 Å². The third-order valence-electron chi connectivity index (χ3n) is 12.3. The number of fused-ring (bicyclic) bond motifs is 6. The first-order valence-electron chi connectivity index (χ1n) is 21.4. The fourth-order valence-corrected chi connectivity index (χ4v) is 11.6. The van der Waals surface area contributed by atoms with Gasteiger partial charge in [0.1, 0.15) is 0 Å². The quantitative estimate of drug-likeness (QED) is 0.147. The van der Waals surface area contributed by atoms with Gasteiger partial charge < -0.3 is 4.90 Å². The predicted octanol–water partition coefficient (Wildman–Crippen LogP) is 18.2. The molecule has 0 saturated heterocycles. The molecule has 0 unspecified atom stereocenters. The van der Waals surface area contributed by atoms with Crippen LogP contribution in [0, 0.1) is 0 Å². The molecular formula is C60H39NS2. The van der Waals surface area contributed by atoms with Crippen molar-refractivity contribution >= 4 is 80.1 Å². The Hall–Kier alpha value is -7.56. The van der Waals surface area contributed by atoms with Crippen LogP contribution < -0.4 is 4.90 Å². The fraction of sp³-hybridized carbons (Fsp3) is 0. The lowest BCUT2D eigenvalue weighted by Crippen LogP contribution is -2.10. The lowest BCUT2D eigenvalue weighted by Gasteiger charge is -2.26. The summed E-state index contributed by atoms with van der Waals surface area (Å²) >= 11 is 3.76. The van der Waals surface area contributed by atoms with Crippen LogP contribution in [-0.4, -0.2) is 0 Å². The molecule has 10 aromatic carbocycles. The van der Waals surface area contributed by atoms with Gasteiger partial charge in [-0.3, -0.25) is 0 Å². The summed E-state index contributed by atoms with van der Waals surface area (Å²) in [5.74, 6) is 0. The van der Waals surface area contributed by atoms with Crippen LogP contribution in [0.3, 0.4) is 0 Å². The molecule has 0 spiro atoms. The molecule has 0 atom stereocenters. The molecular weight excluding hydrogens is 799 g/mol. The molecule has 2 heterocycles. The maximum atomic E-state index is 2.36. The van der Waals surface area contributed by atoms with Crippen molar-refractivity contribution in [2.24, 2.45) is 0 Å². The maximum Gasteiger partial charge on any atom is 0.0467 e. The van der Waals surface area contributed by atoms with Gasteiger partial charge in [-0.25, -0.2) is 0 Å². The zero-order valence-electron chi connectivity index (χ0n) is 34.3. The zero-order valence-corrected chi connectivity index (χ0v) is 35.9. The largest absolute Gasteiger partial charge is 0.310 e. The van der Waals surface area contributed by atoms with Gasteiger partial charge in [-0.1, -0.05) is 188 Å². The fourth-order valence-electron chi connectivity index (χ4n) is 9.14. The standard InChI is InChI=1S/C60H39NS2/c1-2-11-40(12-3-1)47-13-8-14-50(39-47)61(48-35-31-43(32-36-48)41-23-27-45(28-24-41)51-17-9-19-55-53-15-4-6-21-57(53)62-59(51)55)49-37-33-44(34-38-49)42-25-29-46(30-26-42)52-18-10-20-56-54-16-5-7-22-58(54)63-60(52)56/h1-39H. The average molecular weight is 838 g/mol. The molecule has 0 saturated carbocycles. The van der Waals surface area contributed by atoms with Crippen LogP contribution in [0.5, 0.6) is 0 Å². The minimum atomic E-state index is 1.10. The first kappa shape index (κ1) is 37.2. The van der Waals surface area contributed by atoms with E-state index < -0.39 is 0 Å². The van der Waals surface area contributed by atoms with Gasteiger partial charge in [0.25, 0.3) is 0 Å². The van der Waals surface area contributed by atoms with Crippen LogP contribution in [0.15, 0.2) is 237 Å². The van der Waals surface area contributed by atoms with Gasteiger partial charge in [-0.15, -0.1) is 22.7 Å². The summed E-state index contributed by atoms with van der Waals surface area (Å²) in [6.45, 7) is 0. The monoisotopic (exact) mass is 837 g/mol. The van der Waals surface area contributed by atoms with Gasteiger partial charge in [0, 0.05) is 57.4 Å². The Morgan fingerprint density at radius 2 is 0.603 bits per heavy atom. The Morgan fingerprint density at radius 3 is 1.10 bits per heavy atom. The Bertz CT molecular complexity index is 3380. The van der Waals surface area contributed by atoms with E-state index in [4.69, 9.17) is 0 Å². The maximum absolute atomic E-state index is 2.36. The molecule has 0 bridgehead atoms. The molecule has 0 amide bonds. The van der Waals surface area contributed by atoms with Gasteiger partial charge in [0.2, 0.25) is 0 Å². The van der Waals surface area contributed by atoms with Gasteiger partial charge in [0.05, 0.1) is 0 Å². The van der Waals surface area contributed by atoms with Crippen molar-refractivity contribution in [1.82, 2.24) is 0 Å². The minimum absolute atomic E-state index is 1.10. The smallest absolute Gasteiger partial charge is 0.0467 e. The topological polar surface area (TPSA) is 3.24 Å². The Kier molecular flexibility index (Phi) is 9.29. The number of thiophene rings is 2. The van der Waals surface area contributed by atoms with Crippen molar-refractivity contribution in [2.45, 2.75) is 0 Å². The summed E-state index contributed by atoms with van der Waals surface area (Å²) < 4.78 is 5.34. The van der Waals surface area contributed by atoms with Crippen molar-refractivity contribution in [3.05, 3.63) is 237 Å². The van der Waals surface area contributed by atoms with E-state index in [-0.39, 0.29) is 0 Å². The van der Waals surface area contributed by atoms with Gasteiger partial charge in [-0.2, -0.15) is 0 Å². The number of hydrogen-bond acceptors (Lipinski definition) is 3. The second kappa shape index (κ2) is 15.7. The van der Waals surface area contributed by atoms with Crippen LogP contribution in [0.1, 0.15) is 0 Å².